The van der Waals surface area contributed by atoms with Crippen LogP contribution in [0.5, 0.6) is 0 Å². The number of carbonyl (C=O) groups excluding carboxylic acids is 1. The van der Waals surface area contributed by atoms with Crippen LogP contribution in [0.25, 0.3) is 5.69 Å². The zero-order chi connectivity index (χ0) is 17.1. The molecule has 1 N–H and O–H groups in total. The van der Waals surface area contributed by atoms with Gasteiger partial charge >= 0.3 is 0 Å². The zero-order valence-corrected chi connectivity index (χ0v) is 14.3. The van der Waals surface area contributed by atoms with Gasteiger partial charge in [-0.15, -0.1) is 0 Å². The molecule has 0 aliphatic rings. The van der Waals surface area contributed by atoms with Gasteiger partial charge in [0.25, 0.3) is 5.91 Å². The molecule has 0 aliphatic carbocycles. The normalized spacial score (nSPS) is 10.6. The molecule has 0 unspecified atom stereocenters. The summed E-state index contributed by atoms with van der Waals surface area (Å²) in [5, 5.41) is 7.58. The van der Waals surface area contributed by atoms with Gasteiger partial charge in [0.15, 0.2) is 0 Å². The number of nitrogens with zero attached hydrogens (tertiary/aromatic N) is 2. The van der Waals surface area contributed by atoms with Crippen LogP contribution in [-0.4, -0.2) is 15.7 Å². The van der Waals surface area contributed by atoms with Crippen molar-refractivity contribution in [3.05, 3.63) is 76.6 Å². The van der Waals surface area contributed by atoms with Gasteiger partial charge in [-0.2, -0.15) is 5.10 Å². The lowest BCUT2D eigenvalue weighted by Crippen LogP contribution is -2.13. The van der Waals surface area contributed by atoms with Crippen LogP contribution < -0.4 is 5.32 Å². The topological polar surface area (TPSA) is 46.9 Å². The number of aromatic nitrogens is 2. The predicted octanol–water partition coefficient (Wildman–Crippen LogP) is 4.65. The van der Waals surface area contributed by atoms with E-state index in [9.17, 15) is 4.79 Å². The van der Waals surface area contributed by atoms with Gasteiger partial charge in [-0.3, -0.25) is 4.79 Å². The van der Waals surface area contributed by atoms with Crippen molar-refractivity contribution in [1.82, 2.24) is 9.78 Å². The van der Waals surface area contributed by atoms with Crippen molar-refractivity contribution < 1.29 is 4.79 Å². The third-order valence-corrected chi connectivity index (χ3v) is 4.20. The summed E-state index contributed by atoms with van der Waals surface area (Å²) in [6.07, 6.45) is 0.961. The molecule has 1 aromatic heterocycles. The lowest BCUT2D eigenvalue weighted by molar-refractivity contribution is 0.102. The summed E-state index contributed by atoms with van der Waals surface area (Å²) in [6, 6.07) is 17.3. The number of halogens is 1. The molecule has 0 saturated carbocycles. The maximum absolute atomic E-state index is 12.6. The van der Waals surface area contributed by atoms with Crippen molar-refractivity contribution in [3.63, 3.8) is 0 Å². The SMILES string of the molecule is CCc1ccc(NC(=O)c2c(C)nn(-c3ccccc3)c2Cl)cc1. The highest BCUT2D eigenvalue weighted by atomic mass is 35.5. The van der Waals surface area contributed by atoms with E-state index in [0.29, 0.717) is 16.4 Å². The van der Waals surface area contributed by atoms with Crippen molar-refractivity contribution in [2.24, 2.45) is 0 Å². The van der Waals surface area contributed by atoms with Crippen molar-refractivity contribution in [3.8, 4) is 5.69 Å². The Morgan fingerprint density at radius 3 is 2.42 bits per heavy atom. The van der Waals surface area contributed by atoms with Crippen LogP contribution >= 0.6 is 11.6 Å². The van der Waals surface area contributed by atoms with E-state index in [0.717, 1.165) is 17.8 Å². The Morgan fingerprint density at radius 1 is 1.12 bits per heavy atom. The maximum atomic E-state index is 12.6. The van der Waals surface area contributed by atoms with Gasteiger partial charge in [-0.1, -0.05) is 48.9 Å². The average Bonchev–Trinajstić information content (AvgIpc) is 2.91. The second kappa shape index (κ2) is 6.89. The zero-order valence-electron chi connectivity index (χ0n) is 13.6. The highest BCUT2D eigenvalue weighted by Crippen LogP contribution is 2.24. The molecule has 0 atom stereocenters. The Kier molecular flexibility index (Phi) is 4.67. The number of nitrogens with one attached hydrogen (secondary N) is 1. The van der Waals surface area contributed by atoms with Crippen molar-refractivity contribution >= 4 is 23.2 Å². The molecule has 5 heteroatoms. The first-order chi connectivity index (χ1) is 11.6. The molecular weight excluding hydrogens is 322 g/mol. The summed E-state index contributed by atoms with van der Waals surface area (Å²) < 4.78 is 1.58. The molecular formula is C19H18ClN3O. The molecule has 122 valence electrons. The molecule has 0 saturated heterocycles. The minimum atomic E-state index is -0.260. The van der Waals surface area contributed by atoms with Crippen LogP contribution in [0, 0.1) is 6.92 Å². The number of rotatable bonds is 4. The summed E-state index contributed by atoms with van der Waals surface area (Å²) in [6.45, 7) is 3.87. The monoisotopic (exact) mass is 339 g/mol. The molecule has 0 bridgehead atoms. The van der Waals surface area contributed by atoms with Crippen molar-refractivity contribution in [2.45, 2.75) is 20.3 Å². The second-order valence-electron chi connectivity index (χ2n) is 5.50. The van der Waals surface area contributed by atoms with Crippen LogP contribution in [0.3, 0.4) is 0 Å². The van der Waals surface area contributed by atoms with E-state index in [1.54, 1.807) is 11.6 Å². The Morgan fingerprint density at radius 2 is 1.79 bits per heavy atom. The second-order valence-corrected chi connectivity index (χ2v) is 5.86. The van der Waals surface area contributed by atoms with Gasteiger partial charge < -0.3 is 5.32 Å². The molecule has 0 aliphatic heterocycles. The maximum Gasteiger partial charge on any atom is 0.260 e. The van der Waals surface area contributed by atoms with Gasteiger partial charge in [0.2, 0.25) is 0 Å². The van der Waals surface area contributed by atoms with Crippen molar-refractivity contribution in [2.75, 3.05) is 5.32 Å². The molecule has 1 heterocycles. The Balaban J connectivity index is 1.88. The molecule has 4 nitrogen and oxygen atoms in total. The highest BCUT2D eigenvalue weighted by molar-refractivity contribution is 6.34. The average molecular weight is 340 g/mol. The number of hydrogen-bond donors (Lipinski definition) is 1. The van der Waals surface area contributed by atoms with Gasteiger partial charge in [0.05, 0.1) is 11.4 Å². The number of carbonyl (C=O) groups is 1. The van der Waals surface area contributed by atoms with E-state index in [2.05, 4.69) is 17.3 Å². The van der Waals surface area contributed by atoms with E-state index >= 15 is 0 Å². The minimum Gasteiger partial charge on any atom is -0.322 e. The van der Waals surface area contributed by atoms with E-state index < -0.39 is 0 Å². The molecule has 1 amide bonds. The fourth-order valence-electron chi connectivity index (χ4n) is 2.51. The van der Waals surface area contributed by atoms with Crippen LogP contribution in [-0.2, 0) is 6.42 Å². The molecule has 0 fully saturated rings. The van der Waals surface area contributed by atoms with Gasteiger partial charge in [0.1, 0.15) is 10.7 Å². The summed E-state index contributed by atoms with van der Waals surface area (Å²) in [5.74, 6) is -0.260. The van der Waals surface area contributed by atoms with Gasteiger partial charge in [-0.05, 0) is 43.2 Å². The Hall–Kier alpha value is -2.59. The van der Waals surface area contributed by atoms with E-state index in [4.69, 9.17) is 11.6 Å². The first kappa shape index (κ1) is 16.3. The third kappa shape index (κ3) is 3.19. The Labute approximate surface area is 146 Å². The van der Waals surface area contributed by atoms with Gasteiger partial charge in [0, 0.05) is 5.69 Å². The van der Waals surface area contributed by atoms with E-state index in [-0.39, 0.29) is 5.91 Å². The molecule has 2 aromatic carbocycles. The molecule has 3 rings (SSSR count). The van der Waals surface area contributed by atoms with Crippen LogP contribution in [0.4, 0.5) is 5.69 Å². The van der Waals surface area contributed by atoms with Crippen LogP contribution in [0.1, 0.15) is 28.5 Å². The fraction of sp³-hybridized carbons (Fsp3) is 0.158. The number of hydrogen-bond acceptors (Lipinski definition) is 2. The lowest BCUT2D eigenvalue weighted by Gasteiger charge is -2.06. The third-order valence-electron chi connectivity index (χ3n) is 3.85. The molecule has 3 aromatic rings. The molecule has 0 radical (unpaired) electrons. The number of para-hydroxylation sites is 1. The quantitative estimate of drug-likeness (QED) is 0.752. The summed E-state index contributed by atoms with van der Waals surface area (Å²) in [4.78, 5) is 12.6. The minimum absolute atomic E-state index is 0.260. The van der Waals surface area contributed by atoms with E-state index in [1.807, 2.05) is 54.6 Å². The number of amides is 1. The largest absolute Gasteiger partial charge is 0.322 e. The fourth-order valence-corrected chi connectivity index (χ4v) is 2.87. The first-order valence-corrected chi connectivity index (χ1v) is 8.18. The molecule has 0 spiro atoms. The van der Waals surface area contributed by atoms with E-state index in [1.165, 1.54) is 5.56 Å². The number of benzene rings is 2. The van der Waals surface area contributed by atoms with Gasteiger partial charge in [-0.25, -0.2) is 4.68 Å². The predicted molar refractivity (Wildman–Crippen MR) is 97.1 cm³/mol. The van der Waals surface area contributed by atoms with Crippen LogP contribution in [0.15, 0.2) is 54.6 Å². The smallest absolute Gasteiger partial charge is 0.260 e. The highest BCUT2D eigenvalue weighted by Gasteiger charge is 2.21. The summed E-state index contributed by atoms with van der Waals surface area (Å²) >= 11 is 6.41. The lowest BCUT2D eigenvalue weighted by atomic mass is 10.1. The number of anilines is 1. The van der Waals surface area contributed by atoms with Crippen molar-refractivity contribution in [1.29, 1.82) is 0 Å². The molecule has 24 heavy (non-hydrogen) atoms. The Bertz CT molecular complexity index is 854. The summed E-state index contributed by atoms with van der Waals surface area (Å²) in [7, 11) is 0. The van der Waals surface area contributed by atoms with Crippen LogP contribution in [0.2, 0.25) is 5.15 Å². The standard InChI is InChI=1S/C19H18ClN3O/c1-3-14-9-11-15(12-10-14)21-19(24)17-13(2)22-23(18(17)20)16-7-5-4-6-8-16/h4-12H,3H2,1-2H3,(H,21,24). The number of aryl methyl sites for hydroxylation is 2. The first-order valence-electron chi connectivity index (χ1n) is 7.81. The summed E-state index contributed by atoms with van der Waals surface area (Å²) in [5.41, 5.74) is 3.75.